The van der Waals surface area contributed by atoms with Gasteiger partial charge in [-0.3, -0.25) is 9.59 Å². The monoisotopic (exact) mass is 405 g/mol. The first-order chi connectivity index (χ1) is 12.9. The van der Waals surface area contributed by atoms with E-state index in [-0.39, 0.29) is 30.3 Å². The van der Waals surface area contributed by atoms with Crippen LogP contribution >= 0.6 is 11.6 Å². The predicted molar refractivity (Wildman–Crippen MR) is 99.9 cm³/mol. The Morgan fingerprint density at radius 3 is 2.70 bits per heavy atom. The molecule has 2 heterocycles. The molecule has 2 aromatic rings. The molecule has 2 aliphatic rings. The highest BCUT2D eigenvalue weighted by Crippen LogP contribution is 2.33. The van der Waals surface area contributed by atoms with Gasteiger partial charge < -0.3 is 10.6 Å². The zero-order valence-electron chi connectivity index (χ0n) is 14.1. The number of rotatable bonds is 3. The van der Waals surface area contributed by atoms with Gasteiger partial charge in [-0.25, -0.2) is 8.42 Å². The Bertz CT molecular complexity index is 1050. The highest BCUT2D eigenvalue weighted by atomic mass is 35.5. The number of hydrogen-bond acceptors (Lipinski definition) is 4. The molecule has 27 heavy (non-hydrogen) atoms. The van der Waals surface area contributed by atoms with Gasteiger partial charge in [0.1, 0.15) is 6.04 Å². The summed E-state index contributed by atoms with van der Waals surface area (Å²) < 4.78 is 27.8. The smallest absolute Gasteiger partial charge is 0.244 e. The number of fused-ring (bicyclic) bond motifs is 1. The van der Waals surface area contributed by atoms with E-state index in [0.29, 0.717) is 21.8 Å². The summed E-state index contributed by atoms with van der Waals surface area (Å²) >= 11 is 6.03. The Morgan fingerprint density at radius 2 is 1.93 bits per heavy atom. The third-order valence-electron chi connectivity index (χ3n) is 4.64. The lowest BCUT2D eigenvalue weighted by Crippen LogP contribution is -2.52. The molecule has 0 saturated carbocycles. The van der Waals surface area contributed by atoms with Crippen LogP contribution in [0.15, 0.2) is 47.4 Å². The molecule has 1 atom stereocenters. The van der Waals surface area contributed by atoms with Crippen LogP contribution in [0.5, 0.6) is 0 Å². The van der Waals surface area contributed by atoms with Crippen LogP contribution in [0, 0.1) is 0 Å². The number of carbonyl (C=O) groups excluding carboxylic acids is 2. The molecular formula is C18H16ClN3O4S. The van der Waals surface area contributed by atoms with Gasteiger partial charge in [0.25, 0.3) is 0 Å². The van der Waals surface area contributed by atoms with Crippen molar-refractivity contribution >= 4 is 39.1 Å². The van der Waals surface area contributed by atoms with E-state index in [1.807, 2.05) is 0 Å². The minimum Gasteiger partial charge on any atom is -0.353 e. The third-order valence-corrected chi connectivity index (χ3v) is 6.74. The summed E-state index contributed by atoms with van der Waals surface area (Å²) in [6.45, 7) is 0.361. The molecule has 0 spiro atoms. The van der Waals surface area contributed by atoms with Gasteiger partial charge in [0.15, 0.2) is 0 Å². The van der Waals surface area contributed by atoms with Gasteiger partial charge >= 0.3 is 0 Å². The van der Waals surface area contributed by atoms with E-state index in [0.717, 1.165) is 0 Å². The van der Waals surface area contributed by atoms with Crippen LogP contribution in [0.1, 0.15) is 17.2 Å². The Balaban J connectivity index is 1.76. The van der Waals surface area contributed by atoms with E-state index in [9.17, 15) is 18.0 Å². The predicted octanol–water partition coefficient (Wildman–Crippen LogP) is 1.70. The molecule has 7 nitrogen and oxygen atoms in total. The maximum atomic E-state index is 13.3. The van der Waals surface area contributed by atoms with Crippen LogP contribution in [0.4, 0.5) is 5.69 Å². The fourth-order valence-corrected chi connectivity index (χ4v) is 5.23. The molecule has 9 heteroatoms. The van der Waals surface area contributed by atoms with Crippen molar-refractivity contribution in [1.29, 1.82) is 0 Å². The maximum Gasteiger partial charge on any atom is 0.244 e. The summed E-state index contributed by atoms with van der Waals surface area (Å²) in [5, 5.41) is 5.81. The molecule has 0 radical (unpaired) electrons. The molecule has 140 valence electrons. The number of nitrogens with zero attached hydrogens (tertiary/aromatic N) is 1. The fourth-order valence-electron chi connectivity index (χ4n) is 3.40. The number of carbonyl (C=O) groups is 2. The van der Waals surface area contributed by atoms with Gasteiger partial charge in [-0.1, -0.05) is 23.7 Å². The fraction of sp³-hybridized carbons (Fsp3) is 0.222. The zero-order valence-corrected chi connectivity index (χ0v) is 15.7. The Kier molecular flexibility index (Phi) is 4.41. The van der Waals surface area contributed by atoms with E-state index < -0.39 is 22.0 Å². The maximum absolute atomic E-state index is 13.3. The van der Waals surface area contributed by atoms with Gasteiger partial charge in [0, 0.05) is 23.8 Å². The molecule has 1 saturated heterocycles. The lowest BCUT2D eigenvalue weighted by Gasteiger charge is -2.34. The van der Waals surface area contributed by atoms with Crippen molar-refractivity contribution in [3.05, 3.63) is 58.6 Å². The Labute approximate surface area is 161 Å². The second-order valence-corrected chi connectivity index (χ2v) is 8.74. The number of benzene rings is 2. The number of amides is 2. The molecule has 1 fully saturated rings. The molecule has 2 aromatic carbocycles. The number of halogens is 1. The topological polar surface area (TPSA) is 95.6 Å². The number of hydrogen-bond donors (Lipinski definition) is 2. The van der Waals surface area contributed by atoms with Crippen LogP contribution in [-0.4, -0.2) is 37.6 Å². The molecule has 2 amide bonds. The van der Waals surface area contributed by atoms with E-state index in [2.05, 4.69) is 10.6 Å². The summed E-state index contributed by atoms with van der Waals surface area (Å²) in [5.74, 6) is -0.571. The van der Waals surface area contributed by atoms with Crippen LogP contribution < -0.4 is 10.6 Å². The van der Waals surface area contributed by atoms with Gasteiger partial charge in [0.2, 0.25) is 21.8 Å². The molecule has 4 rings (SSSR count). The molecule has 2 N–H and O–H groups in total. The second-order valence-electron chi connectivity index (χ2n) is 6.41. The molecule has 0 bridgehead atoms. The van der Waals surface area contributed by atoms with Crippen molar-refractivity contribution < 1.29 is 18.0 Å². The van der Waals surface area contributed by atoms with Crippen LogP contribution in [0.3, 0.4) is 0 Å². The quantitative estimate of drug-likeness (QED) is 0.812. The summed E-state index contributed by atoms with van der Waals surface area (Å²) in [7, 11) is -3.95. The highest BCUT2D eigenvalue weighted by Gasteiger charge is 2.40. The minimum absolute atomic E-state index is 0.0551. The van der Waals surface area contributed by atoms with E-state index in [1.54, 1.807) is 30.3 Å². The lowest BCUT2D eigenvalue weighted by atomic mass is 10.0. The van der Waals surface area contributed by atoms with Gasteiger partial charge in [-0.05, 0) is 41.5 Å². The number of anilines is 1. The average molecular weight is 406 g/mol. The largest absolute Gasteiger partial charge is 0.353 e. The Hall–Kier alpha value is -2.42. The summed E-state index contributed by atoms with van der Waals surface area (Å²) in [6.07, 6.45) is 0.136. The van der Waals surface area contributed by atoms with Gasteiger partial charge in [0.05, 0.1) is 11.3 Å². The summed E-state index contributed by atoms with van der Waals surface area (Å²) in [4.78, 5) is 24.1. The van der Waals surface area contributed by atoms with Crippen LogP contribution in [0.2, 0.25) is 5.02 Å². The molecule has 0 aromatic heterocycles. The van der Waals surface area contributed by atoms with Crippen molar-refractivity contribution in [3.63, 3.8) is 0 Å². The van der Waals surface area contributed by atoms with E-state index >= 15 is 0 Å². The summed E-state index contributed by atoms with van der Waals surface area (Å²) in [6, 6.07) is 10.1. The first-order valence-corrected chi connectivity index (χ1v) is 10.2. The molecule has 0 aliphatic carbocycles. The van der Waals surface area contributed by atoms with Crippen molar-refractivity contribution in [1.82, 2.24) is 9.62 Å². The van der Waals surface area contributed by atoms with Crippen molar-refractivity contribution in [2.24, 2.45) is 0 Å². The number of piperazine rings is 1. The van der Waals surface area contributed by atoms with Crippen molar-refractivity contribution in [3.8, 4) is 0 Å². The highest BCUT2D eigenvalue weighted by molar-refractivity contribution is 7.89. The van der Waals surface area contributed by atoms with E-state index in [4.69, 9.17) is 11.6 Å². The zero-order chi connectivity index (χ0) is 19.2. The van der Waals surface area contributed by atoms with Crippen molar-refractivity contribution in [2.75, 3.05) is 18.4 Å². The SMILES string of the molecule is O=C1Cc2cc(S(=O)(=O)N3CCNC(=O)C3c3cccc(Cl)c3)ccc2N1. The number of sulfonamides is 1. The minimum atomic E-state index is -3.95. The molecule has 1 unspecified atom stereocenters. The molecular weight excluding hydrogens is 390 g/mol. The Morgan fingerprint density at radius 1 is 1.11 bits per heavy atom. The second kappa shape index (κ2) is 6.63. The standard InChI is InChI=1S/C18H16ClN3O4S/c19-13-3-1-2-11(8-13)17-18(24)20-6-7-22(17)27(25,26)14-4-5-15-12(9-14)10-16(23)21-15/h1-5,8-9,17H,6-7,10H2,(H,20,24)(H,21,23). The lowest BCUT2D eigenvalue weighted by molar-refractivity contribution is -0.127. The summed E-state index contributed by atoms with van der Waals surface area (Å²) in [5.41, 5.74) is 1.74. The normalized spacial score (nSPS) is 20.1. The average Bonchev–Trinajstić information content (AvgIpc) is 3.00. The number of nitrogens with one attached hydrogen (secondary N) is 2. The van der Waals surface area contributed by atoms with Crippen LogP contribution in [-0.2, 0) is 26.0 Å². The van der Waals surface area contributed by atoms with Gasteiger partial charge in [-0.2, -0.15) is 4.31 Å². The van der Waals surface area contributed by atoms with Crippen LogP contribution in [0.25, 0.3) is 0 Å². The van der Waals surface area contributed by atoms with E-state index in [1.165, 1.54) is 16.4 Å². The molecule has 2 aliphatic heterocycles. The first kappa shape index (κ1) is 18.0. The van der Waals surface area contributed by atoms with Crippen molar-refractivity contribution in [2.45, 2.75) is 17.4 Å². The first-order valence-electron chi connectivity index (χ1n) is 8.34. The third kappa shape index (κ3) is 3.20. The van der Waals surface area contributed by atoms with Gasteiger partial charge in [-0.15, -0.1) is 0 Å².